The van der Waals surface area contributed by atoms with E-state index in [1.54, 1.807) is 13.0 Å². The lowest BCUT2D eigenvalue weighted by Crippen LogP contribution is -2.21. The maximum atomic E-state index is 12.2. The zero-order valence-electron chi connectivity index (χ0n) is 16.8. The summed E-state index contributed by atoms with van der Waals surface area (Å²) in [5.41, 5.74) is 8.31. The Bertz CT molecular complexity index is 922. The van der Waals surface area contributed by atoms with Crippen LogP contribution < -0.4 is 15.8 Å². The van der Waals surface area contributed by atoms with Gasteiger partial charge in [-0.1, -0.05) is 6.07 Å². The number of ether oxygens (including phenoxy) is 3. The normalized spacial score (nSPS) is 10.3. The monoisotopic (exact) mass is 420 g/mol. The number of thiophene rings is 1. The lowest BCUT2D eigenvalue weighted by atomic mass is 10.1. The van der Waals surface area contributed by atoms with E-state index < -0.39 is 17.8 Å². The second-order valence-electron chi connectivity index (χ2n) is 6.14. The molecule has 0 aliphatic carbocycles. The van der Waals surface area contributed by atoms with Crippen molar-refractivity contribution in [3.63, 3.8) is 0 Å². The van der Waals surface area contributed by atoms with Crippen molar-refractivity contribution < 1.29 is 28.6 Å². The average Bonchev–Trinajstić information content (AvgIpc) is 3.03. The topological polar surface area (TPSA) is 117 Å². The number of nitrogens with two attached hydrogens (primary N) is 1. The van der Waals surface area contributed by atoms with Gasteiger partial charge >= 0.3 is 11.9 Å². The Morgan fingerprint density at radius 2 is 1.86 bits per heavy atom. The van der Waals surface area contributed by atoms with E-state index in [9.17, 15) is 14.4 Å². The van der Waals surface area contributed by atoms with Crippen LogP contribution >= 0.6 is 11.3 Å². The maximum Gasteiger partial charge on any atom is 0.344 e. The van der Waals surface area contributed by atoms with Gasteiger partial charge in [0.05, 0.1) is 6.61 Å². The number of benzene rings is 1. The average molecular weight is 420 g/mol. The van der Waals surface area contributed by atoms with Crippen LogP contribution in [0.15, 0.2) is 18.2 Å². The number of hydrogen-bond acceptors (Lipinski definition) is 8. The zero-order chi connectivity index (χ0) is 21.6. The van der Waals surface area contributed by atoms with Gasteiger partial charge in [0.15, 0.2) is 6.61 Å². The predicted octanol–water partition coefficient (Wildman–Crippen LogP) is 2.61. The summed E-state index contributed by atoms with van der Waals surface area (Å²) in [7, 11) is 1.45. The van der Waals surface area contributed by atoms with Gasteiger partial charge in [-0.3, -0.25) is 4.79 Å². The Hall–Kier alpha value is -3.07. The molecule has 0 spiro atoms. The number of amides is 1. The molecule has 1 amide bonds. The molecule has 9 heteroatoms. The summed E-state index contributed by atoms with van der Waals surface area (Å²) >= 11 is 0.935. The molecule has 1 heterocycles. The highest BCUT2D eigenvalue weighted by Gasteiger charge is 2.27. The molecule has 0 saturated carbocycles. The predicted molar refractivity (Wildman–Crippen MR) is 109 cm³/mol. The summed E-state index contributed by atoms with van der Waals surface area (Å²) in [6.45, 7) is 5.10. The lowest BCUT2D eigenvalue weighted by molar-refractivity contribution is -0.147. The summed E-state index contributed by atoms with van der Waals surface area (Å²) in [6.07, 6.45) is 0. The molecule has 0 fully saturated rings. The molecule has 1 aromatic heterocycles. The van der Waals surface area contributed by atoms with Crippen molar-refractivity contribution in [1.29, 1.82) is 0 Å². The summed E-state index contributed by atoms with van der Waals surface area (Å²) in [6, 6.07) is 5.48. The highest BCUT2D eigenvalue weighted by molar-refractivity contribution is 7.18. The highest BCUT2D eigenvalue weighted by Crippen LogP contribution is 2.32. The largest absolute Gasteiger partial charge is 0.482 e. The van der Waals surface area contributed by atoms with Gasteiger partial charge in [-0.05, 0) is 44.0 Å². The number of rotatable bonds is 8. The van der Waals surface area contributed by atoms with Gasteiger partial charge < -0.3 is 25.3 Å². The smallest absolute Gasteiger partial charge is 0.344 e. The first-order valence-electron chi connectivity index (χ1n) is 8.94. The van der Waals surface area contributed by atoms with Crippen LogP contribution in [0.25, 0.3) is 0 Å². The van der Waals surface area contributed by atoms with E-state index in [1.165, 1.54) is 7.05 Å². The Labute approximate surface area is 172 Å². The Morgan fingerprint density at radius 1 is 1.14 bits per heavy atom. The fourth-order valence-corrected chi connectivity index (χ4v) is 3.49. The van der Waals surface area contributed by atoms with Crippen LogP contribution in [-0.4, -0.2) is 38.1 Å². The van der Waals surface area contributed by atoms with Crippen LogP contribution in [0, 0.1) is 13.8 Å². The van der Waals surface area contributed by atoms with Gasteiger partial charge in [-0.2, -0.15) is 0 Å². The zero-order valence-corrected chi connectivity index (χ0v) is 17.6. The molecule has 1 aromatic carbocycles. The molecule has 0 aliphatic rings. The number of aryl methyl sites for hydroxylation is 2. The van der Waals surface area contributed by atoms with E-state index in [4.69, 9.17) is 19.9 Å². The molecule has 2 rings (SSSR count). The van der Waals surface area contributed by atoms with Crippen LogP contribution in [0.5, 0.6) is 5.75 Å². The second kappa shape index (κ2) is 9.92. The third-order valence-corrected chi connectivity index (χ3v) is 5.22. The molecule has 0 atom stereocenters. The van der Waals surface area contributed by atoms with Crippen LogP contribution in [-0.2, 0) is 20.9 Å². The molecule has 2 aromatic rings. The number of carbonyl (C=O) groups is 3. The quantitative estimate of drug-likeness (QED) is 0.630. The molecule has 0 unspecified atom stereocenters. The van der Waals surface area contributed by atoms with Gasteiger partial charge in [0.2, 0.25) is 0 Å². The van der Waals surface area contributed by atoms with Crippen molar-refractivity contribution >= 4 is 34.2 Å². The first kappa shape index (κ1) is 22.2. The van der Waals surface area contributed by atoms with E-state index >= 15 is 0 Å². The van der Waals surface area contributed by atoms with Gasteiger partial charge in [0, 0.05) is 12.6 Å². The number of nitrogens with one attached hydrogen (secondary N) is 1. The Balaban J connectivity index is 2.11. The summed E-state index contributed by atoms with van der Waals surface area (Å²) in [5, 5.41) is 2.60. The van der Waals surface area contributed by atoms with Crippen molar-refractivity contribution in [2.45, 2.75) is 27.4 Å². The summed E-state index contributed by atoms with van der Waals surface area (Å²) in [5.74, 6) is -1.21. The third kappa shape index (κ3) is 5.47. The van der Waals surface area contributed by atoms with E-state index in [0.717, 1.165) is 22.5 Å². The van der Waals surface area contributed by atoms with Crippen molar-refractivity contribution in [1.82, 2.24) is 5.32 Å². The molecule has 156 valence electrons. The number of hydrogen-bond donors (Lipinski definition) is 2. The van der Waals surface area contributed by atoms with Crippen molar-refractivity contribution in [2.24, 2.45) is 0 Å². The molecule has 0 radical (unpaired) electrons. The molecule has 0 saturated heterocycles. The maximum absolute atomic E-state index is 12.2. The Kier molecular flexibility index (Phi) is 7.60. The highest BCUT2D eigenvalue weighted by atomic mass is 32.1. The van der Waals surface area contributed by atoms with E-state index in [1.807, 2.05) is 26.0 Å². The molecular weight excluding hydrogens is 396 g/mol. The SMILES string of the molecule is CCOC(=O)c1c(N)sc(C(=O)NC)c1COC(=O)COc1ccc(C)c(C)c1. The van der Waals surface area contributed by atoms with Crippen molar-refractivity contribution in [2.75, 3.05) is 26.0 Å². The minimum atomic E-state index is -0.672. The molecule has 29 heavy (non-hydrogen) atoms. The fourth-order valence-electron chi connectivity index (χ4n) is 2.49. The van der Waals surface area contributed by atoms with E-state index in [0.29, 0.717) is 5.75 Å². The van der Waals surface area contributed by atoms with Gasteiger partial charge in [0.1, 0.15) is 27.8 Å². The van der Waals surface area contributed by atoms with E-state index in [2.05, 4.69) is 5.32 Å². The van der Waals surface area contributed by atoms with Crippen molar-refractivity contribution in [3.05, 3.63) is 45.3 Å². The molecular formula is C20H24N2O6S. The van der Waals surface area contributed by atoms with Gasteiger partial charge in [-0.15, -0.1) is 11.3 Å². The second-order valence-corrected chi connectivity index (χ2v) is 7.20. The summed E-state index contributed by atoms with van der Waals surface area (Å²) < 4.78 is 15.7. The van der Waals surface area contributed by atoms with Crippen LogP contribution in [0.4, 0.5) is 5.00 Å². The first-order valence-corrected chi connectivity index (χ1v) is 9.76. The molecule has 3 N–H and O–H groups in total. The molecule has 0 bridgehead atoms. The van der Waals surface area contributed by atoms with Gasteiger partial charge in [0.25, 0.3) is 5.91 Å². The number of anilines is 1. The fraction of sp³-hybridized carbons (Fsp3) is 0.350. The van der Waals surface area contributed by atoms with Crippen molar-refractivity contribution in [3.8, 4) is 5.75 Å². The lowest BCUT2D eigenvalue weighted by Gasteiger charge is -2.10. The van der Waals surface area contributed by atoms with Crippen LogP contribution in [0.3, 0.4) is 0 Å². The van der Waals surface area contributed by atoms with Crippen LogP contribution in [0.2, 0.25) is 0 Å². The minimum absolute atomic E-state index is 0.0401. The van der Waals surface area contributed by atoms with E-state index in [-0.39, 0.29) is 40.8 Å². The number of nitrogen functional groups attached to an aromatic ring is 1. The first-order chi connectivity index (χ1) is 13.8. The standard InChI is InChI=1S/C20H24N2O6S/c1-5-26-20(25)16-14(17(19(24)22-4)29-18(16)21)9-28-15(23)10-27-13-7-6-11(2)12(3)8-13/h6-8H,5,9-10,21H2,1-4H3,(H,22,24). The molecule has 0 aliphatic heterocycles. The Morgan fingerprint density at radius 3 is 2.48 bits per heavy atom. The minimum Gasteiger partial charge on any atom is -0.482 e. The number of carbonyl (C=O) groups excluding carboxylic acids is 3. The number of esters is 2. The van der Waals surface area contributed by atoms with Gasteiger partial charge in [-0.25, -0.2) is 9.59 Å². The summed E-state index contributed by atoms with van der Waals surface area (Å²) in [4.78, 5) is 36.7. The third-order valence-electron chi connectivity index (χ3n) is 4.16. The van der Waals surface area contributed by atoms with Crippen LogP contribution in [0.1, 0.15) is 43.6 Å². The molecule has 8 nitrogen and oxygen atoms in total.